The van der Waals surface area contributed by atoms with Gasteiger partial charge in [0.2, 0.25) is 0 Å². The average Bonchev–Trinajstić information content (AvgIpc) is 3.30. The summed E-state index contributed by atoms with van der Waals surface area (Å²) < 4.78 is 10.8. The molecule has 3 heteroatoms. The molecule has 0 aromatic heterocycles. The number of hydrogen-bond donors (Lipinski definition) is 0. The molecule has 1 aliphatic carbocycles. The fourth-order valence-corrected chi connectivity index (χ4v) is 6.22. The van der Waals surface area contributed by atoms with Crippen molar-refractivity contribution < 1.29 is 9.47 Å². The molecule has 38 heavy (non-hydrogen) atoms. The highest BCUT2D eigenvalue weighted by molar-refractivity contribution is 5.92. The predicted molar refractivity (Wildman–Crippen MR) is 158 cm³/mol. The van der Waals surface area contributed by atoms with E-state index in [4.69, 9.17) is 9.47 Å². The smallest absolute Gasteiger partial charge is 0.118 e. The summed E-state index contributed by atoms with van der Waals surface area (Å²) in [5.74, 6) is 2.30. The molecule has 4 aromatic carbocycles. The number of methoxy groups -OCH3 is 2. The maximum atomic E-state index is 5.42. The zero-order chi connectivity index (χ0) is 26.1. The summed E-state index contributed by atoms with van der Waals surface area (Å²) in [5.41, 5.74) is 10.2. The Bertz CT molecular complexity index is 1390. The summed E-state index contributed by atoms with van der Waals surface area (Å²) in [6, 6.07) is 33.3. The summed E-state index contributed by atoms with van der Waals surface area (Å²) in [4.78, 5) is 2.61. The van der Waals surface area contributed by atoms with E-state index in [0.717, 1.165) is 22.6 Å². The molecule has 0 spiro atoms. The van der Waals surface area contributed by atoms with Crippen LogP contribution in [-0.4, -0.2) is 20.3 Å². The van der Waals surface area contributed by atoms with Crippen LogP contribution in [0.1, 0.15) is 59.4 Å². The lowest BCUT2D eigenvalue weighted by atomic mass is 9.82. The van der Waals surface area contributed by atoms with Gasteiger partial charge in [0.15, 0.2) is 0 Å². The van der Waals surface area contributed by atoms with Crippen molar-refractivity contribution in [2.45, 2.75) is 44.6 Å². The first-order valence-corrected chi connectivity index (χ1v) is 13.6. The molecule has 0 N–H and O–H groups in total. The van der Waals surface area contributed by atoms with Crippen LogP contribution in [0.5, 0.6) is 11.5 Å². The maximum Gasteiger partial charge on any atom is 0.118 e. The fourth-order valence-electron chi connectivity index (χ4n) is 6.22. The molecule has 0 bridgehead atoms. The quantitative estimate of drug-likeness (QED) is 0.246. The van der Waals surface area contributed by atoms with Crippen LogP contribution in [-0.2, 0) is 0 Å². The van der Waals surface area contributed by atoms with E-state index < -0.39 is 0 Å². The number of anilines is 2. The van der Waals surface area contributed by atoms with Gasteiger partial charge >= 0.3 is 0 Å². The number of ether oxygens (including phenoxy) is 2. The summed E-state index contributed by atoms with van der Waals surface area (Å²) in [5, 5.41) is 0. The van der Waals surface area contributed by atoms with Crippen molar-refractivity contribution >= 4 is 23.0 Å². The molecule has 1 fully saturated rings. The first-order valence-electron chi connectivity index (χ1n) is 13.6. The van der Waals surface area contributed by atoms with Gasteiger partial charge in [0.25, 0.3) is 0 Å². The lowest BCUT2D eigenvalue weighted by Gasteiger charge is -2.33. The Labute approximate surface area is 226 Å². The van der Waals surface area contributed by atoms with E-state index in [-0.39, 0.29) is 0 Å². The van der Waals surface area contributed by atoms with Gasteiger partial charge in [0.05, 0.1) is 14.2 Å². The normalized spacial score (nSPS) is 17.9. The third-order valence-electron chi connectivity index (χ3n) is 8.20. The molecule has 2 aliphatic rings. The maximum absolute atomic E-state index is 5.42. The largest absolute Gasteiger partial charge is 0.497 e. The van der Waals surface area contributed by atoms with Crippen LogP contribution in [0.4, 0.5) is 11.4 Å². The standard InChI is InChI=1S/C35H35NO2/c1-24-8-15-28(16-9-24)36-34-7-5-4-6-31(34)33-23-25(10-21-35(33)36)22-32(26-11-17-29(37-2)18-12-26)27-13-19-30(38-3)20-14-27/h8-23,31,34H,4-7H2,1-3H3. The lowest BCUT2D eigenvalue weighted by Crippen LogP contribution is -2.32. The van der Waals surface area contributed by atoms with E-state index >= 15 is 0 Å². The van der Waals surface area contributed by atoms with Crippen molar-refractivity contribution in [1.29, 1.82) is 0 Å². The van der Waals surface area contributed by atoms with Crippen LogP contribution < -0.4 is 14.4 Å². The number of nitrogens with zero attached hydrogens (tertiary/aromatic N) is 1. The number of hydrogen-bond acceptors (Lipinski definition) is 3. The summed E-state index contributed by atoms with van der Waals surface area (Å²) in [6.45, 7) is 2.16. The molecule has 6 rings (SSSR count). The molecule has 1 aliphatic heterocycles. The van der Waals surface area contributed by atoms with Crippen LogP contribution in [0, 0.1) is 6.92 Å². The molecule has 3 nitrogen and oxygen atoms in total. The Morgan fingerprint density at radius 1 is 0.737 bits per heavy atom. The minimum atomic E-state index is 0.545. The van der Waals surface area contributed by atoms with Crippen molar-refractivity contribution in [3.63, 3.8) is 0 Å². The van der Waals surface area contributed by atoms with Gasteiger partial charge in [0.1, 0.15) is 11.5 Å². The second-order valence-corrected chi connectivity index (χ2v) is 10.5. The van der Waals surface area contributed by atoms with Gasteiger partial charge in [-0.3, -0.25) is 0 Å². The molecule has 1 saturated carbocycles. The highest BCUT2D eigenvalue weighted by Crippen LogP contribution is 2.51. The minimum absolute atomic E-state index is 0.545. The Kier molecular flexibility index (Phi) is 6.68. The minimum Gasteiger partial charge on any atom is -0.497 e. The van der Waals surface area contributed by atoms with E-state index in [1.165, 1.54) is 59.3 Å². The van der Waals surface area contributed by atoms with Gasteiger partial charge in [-0.25, -0.2) is 0 Å². The third kappa shape index (κ3) is 4.58. The summed E-state index contributed by atoms with van der Waals surface area (Å²) in [6.07, 6.45) is 7.46. The van der Waals surface area contributed by atoms with Gasteiger partial charge in [-0.2, -0.15) is 0 Å². The Balaban J connectivity index is 1.44. The first kappa shape index (κ1) is 24.4. The van der Waals surface area contributed by atoms with Crippen LogP contribution in [0.2, 0.25) is 0 Å². The van der Waals surface area contributed by atoms with E-state index in [0.29, 0.717) is 12.0 Å². The molecule has 0 saturated heterocycles. The lowest BCUT2D eigenvalue weighted by molar-refractivity contribution is 0.402. The van der Waals surface area contributed by atoms with Gasteiger partial charge < -0.3 is 14.4 Å². The van der Waals surface area contributed by atoms with E-state index in [2.05, 4.69) is 84.6 Å². The van der Waals surface area contributed by atoms with Gasteiger partial charge in [-0.1, -0.05) is 60.9 Å². The molecule has 0 radical (unpaired) electrons. The molecule has 1 heterocycles. The molecule has 2 atom stereocenters. The summed E-state index contributed by atoms with van der Waals surface area (Å²) in [7, 11) is 3.41. The van der Waals surface area contributed by atoms with Crippen LogP contribution >= 0.6 is 0 Å². The fraction of sp³-hybridized carbons (Fsp3) is 0.257. The zero-order valence-electron chi connectivity index (χ0n) is 22.5. The van der Waals surface area contributed by atoms with Crippen LogP contribution in [0.15, 0.2) is 91.0 Å². The molecule has 192 valence electrons. The Hall–Kier alpha value is -3.98. The molecule has 0 amide bonds. The topological polar surface area (TPSA) is 21.7 Å². The van der Waals surface area contributed by atoms with Crippen LogP contribution in [0.25, 0.3) is 11.6 Å². The molecular formula is C35H35NO2. The van der Waals surface area contributed by atoms with Crippen molar-refractivity contribution in [3.8, 4) is 11.5 Å². The van der Waals surface area contributed by atoms with Crippen molar-refractivity contribution in [3.05, 3.63) is 119 Å². The average molecular weight is 502 g/mol. The number of aryl methyl sites for hydroxylation is 1. The highest BCUT2D eigenvalue weighted by Gasteiger charge is 2.40. The van der Waals surface area contributed by atoms with E-state index in [1.54, 1.807) is 14.2 Å². The van der Waals surface area contributed by atoms with Crippen molar-refractivity contribution in [1.82, 2.24) is 0 Å². The van der Waals surface area contributed by atoms with E-state index in [1.807, 2.05) is 24.3 Å². The molecular weight excluding hydrogens is 466 g/mol. The molecule has 4 aromatic rings. The van der Waals surface area contributed by atoms with Crippen molar-refractivity contribution in [2.75, 3.05) is 19.1 Å². The van der Waals surface area contributed by atoms with Gasteiger partial charge in [-0.05, 0) is 102 Å². The van der Waals surface area contributed by atoms with Gasteiger partial charge in [-0.15, -0.1) is 0 Å². The van der Waals surface area contributed by atoms with Crippen LogP contribution in [0.3, 0.4) is 0 Å². The second kappa shape index (κ2) is 10.4. The zero-order valence-corrected chi connectivity index (χ0v) is 22.5. The predicted octanol–water partition coefficient (Wildman–Crippen LogP) is 8.78. The van der Waals surface area contributed by atoms with Gasteiger partial charge in [0, 0.05) is 23.3 Å². The number of rotatable bonds is 6. The first-order chi connectivity index (χ1) is 18.6. The number of benzene rings is 4. The number of fused-ring (bicyclic) bond motifs is 3. The van der Waals surface area contributed by atoms with E-state index in [9.17, 15) is 0 Å². The van der Waals surface area contributed by atoms with Crippen molar-refractivity contribution in [2.24, 2.45) is 0 Å². The monoisotopic (exact) mass is 501 g/mol. The highest BCUT2D eigenvalue weighted by atomic mass is 16.5. The molecule has 2 unspecified atom stereocenters. The third-order valence-corrected chi connectivity index (χ3v) is 8.20. The summed E-state index contributed by atoms with van der Waals surface area (Å²) >= 11 is 0. The SMILES string of the molecule is COc1ccc(C(=Cc2ccc3c(c2)C2CCCCC2N3c2ccc(C)cc2)c2ccc(OC)cc2)cc1. The second-order valence-electron chi connectivity index (χ2n) is 10.5. The Morgan fingerprint density at radius 3 is 1.95 bits per heavy atom. The Morgan fingerprint density at radius 2 is 1.34 bits per heavy atom.